The van der Waals surface area contributed by atoms with Crippen LogP contribution in [0.1, 0.15) is 29.6 Å². The van der Waals surface area contributed by atoms with Crippen LogP contribution >= 0.6 is 11.8 Å². The predicted octanol–water partition coefficient (Wildman–Crippen LogP) is 3.75. The predicted molar refractivity (Wildman–Crippen MR) is 157 cm³/mol. The first kappa shape index (κ1) is 27.5. The summed E-state index contributed by atoms with van der Waals surface area (Å²) in [5.41, 5.74) is 3.23. The van der Waals surface area contributed by atoms with Crippen molar-refractivity contribution in [2.75, 3.05) is 63.4 Å². The standard InChI is InChI=1S/C29H33N3O6S2/c1-37-14-5-12-31-24-10-9-23(21-7-3-8-22(27(21)24)29(31)34)32(13-15-38-2)28(33)19-6-4-11-30(18-19)40(35,36)26-17-20-16-25(20)39-26/h3,7-10,16-17,19,25H,4-6,11-15,18H2,1-2H3/t19?,25-/m0/s1. The summed E-state index contributed by atoms with van der Waals surface area (Å²) >= 11 is 1.37. The molecule has 0 bridgehead atoms. The average molecular weight is 584 g/mol. The lowest BCUT2D eigenvalue weighted by molar-refractivity contribution is -0.123. The largest absolute Gasteiger partial charge is 0.385 e. The Hall–Kier alpha value is -2.70. The van der Waals surface area contributed by atoms with Crippen LogP contribution in [0.25, 0.3) is 10.8 Å². The minimum atomic E-state index is -3.63. The van der Waals surface area contributed by atoms with E-state index in [-0.39, 0.29) is 23.6 Å². The molecule has 0 saturated carbocycles. The monoisotopic (exact) mass is 583 g/mol. The minimum Gasteiger partial charge on any atom is -0.385 e. The van der Waals surface area contributed by atoms with Crippen LogP contribution in [0.2, 0.25) is 0 Å². The number of piperidine rings is 1. The quantitative estimate of drug-likeness (QED) is 0.372. The number of carbonyl (C=O) groups excluding carboxylic acids is 2. The number of allylic oxidation sites excluding steroid dienone is 1. The van der Waals surface area contributed by atoms with Crippen molar-refractivity contribution in [3.8, 4) is 0 Å². The van der Waals surface area contributed by atoms with Gasteiger partial charge in [-0.15, -0.1) is 11.8 Å². The molecule has 1 fully saturated rings. The third kappa shape index (κ3) is 4.77. The topological polar surface area (TPSA) is 96.5 Å². The number of amides is 2. The molecule has 2 aromatic carbocycles. The van der Waals surface area contributed by atoms with Crippen LogP contribution in [0.3, 0.4) is 0 Å². The SMILES string of the molecule is COCCCN1C(=O)c2cccc3c(N(CCOC)C(=O)C4CCCN(S(=O)(=O)C5=CC6=C[C@@H]6S5)C4)ccc1c23. The van der Waals surface area contributed by atoms with Crippen LogP contribution in [0.4, 0.5) is 11.4 Å². The van der Waals surface area contributed by atoms with Gasteiger partial charge in [0.25, 0.3) is 5.91 Å². The number of anilines is 2. The zero-order valence-corrected chi connectivity index (χ0v) is 24.3. The zero-order valence-electron chi connectivity index (χ0n) is 22.7. The fourth-order valence-electron chi connectivity index (χ4n) is 5.89. The summed E-state index contributed by atoms with van der Waals surface area (Å²) in [5.74, 6) is -0.655. The number of methoxy groups -OCH3 is 2. The summed E-state index contributed by atoms with van der Waals surface area (Å²) in [5, 5.41) is 1.86. The maximum atomic E-state index is 14.1. The number of hydrogen-bond acceptors (Lipinski definition) is 7. The van der Waals surface area contributed by atoms with Gasteiger partial charge in [-0.2, -0.15) is 4.31 Å². The van der Waals surface area contributed by atoms with Crippen LogP contribution in [0.5, 0.6) is 0 Å². The van der Waals surface area contributed by atoms with Gasteiger partial charge in [0.1, 0.15) is 4.24 Å². The van der Waals surface area contributed by atoms with Crippen LogP contribution in [-0.2, 0) is 24.3 Å². The molecule has 9 nitrogen and oxygen atoms in total. The van der Waals surface area contributed by atoms with Crippen LogP contribution in [0.15, 0.2) is 52.3 Å². The number of thioether (sulfide) groups is 1. The molecular formula is C29H33N3O6S2. The number of rotatable bonds is 11. The third-order valence-electron chi connectivity index (χ3n) is 7.99. The Morgan fingerprint density at radius 3 is 2.73 bits per heavy atom. The molecule has 2 atom stereocenters. The molecule has 6 rings (SSSR count). The molecule has 1 aliphatic carbocycles. The van der Waals surface area contributed by atoms with Crippen LogP contribution in [0, 0.1) is 5.92 Å². The number of benzene rings is 2. The molecule has 11 heteroatoms. The van der Waals surface area contributed by atoms with E-state index < -0.39 is 15.9 Å². The van der Waals surface area contributed by atoms with E-state index in [9.17, 15) is 18.0 Å². The summed E-state index contributed by atoms with van der Waals surface area (Å²) in [7, 11) is -0.393. The van der Waals surface area contributed by atoms with Gasteiger partial charge in [0.2, 0.25) is 15.9 Å². The number of sulfonamides is 1. The van der Waals surface area contributed by atoms with E-state index >= 15 is 0 Å². The van der Waals surface area contributed by atoms with Crippen molar-refractivity contribution in [3.63, 3.8) is 0 Å². The number of ether oxygens (including phenoxy) is 2. The van der Waals surface area contributed by atoms with Gasteiger partial charge in [-0.1, -0.05) is 18.2 Å². The highest BCUT2D eigenvalue weighted by Crippen LogP contribution is 2.49. The second-order valence-corrected chi connectivity index (χ2v) is 13.8. The fourth-order valence-corrected chi connectivity index (χ4v) is 9.17. The normalized spacial score (nSPS) is 21.9. The number of fused-ring (bicyclic) bond motifs is 1. The van der Waals surface area contributed by atoms with E-state index in [1.54, 1.807) is 30.1 Å². The molecule has 0 N–H and O–H groups in total. The Morgan fingerprint density at radius 2 is 1.98 bits per heavy atom. The summed E-state index contributed by atoms with van der Waals surface area (Å²) in [6.07, 6.45) is 5.75. The molecule has 4 aliphatic rings. The van der Waals surface area contributed by atoms with E-state index in [1.807, 2.05) is 36.4 Å². The van der Waals surface area contributed by atoms with Crippen molar-refractivity contribution in [1.82, 2.24) is 4.31 Å². The summed E-state index contributed by atoms with van der Waals surface area (Å²) in [6.45, 7) is 2.31. The van der Waals surface area contributed by atoms with Gasteiger partial charge in [-0.25, -0.2) is 8.42 Å². The maximum Gasteiger partial charge on any atom is 0.258 e. The summed E-state index contributed by atoms with van der Waals surface area (Å²) in [4.78, 5) is 30.9. The molecule has 1 saturated heterocycles. The molecule has 0 spiro atoms. The lowest BCUT2D eigenvalue weighted by atomic mass is 9.96. The van der Waals surface area contributed by atoms with Crippen molar-refractivity contribution in [2.45, 2.75) is 24.5 Å². The Bertz CT molecular complexity index is 1540. The molecule has 3 aliphatic heterocycles. The van der Waals surface area contributed by atoms with Crippen molar-refractivity contribution >= 4 is 55.7 Å². The van der Waals surface area contributed by atoms with Crippen molar-refractivity contribution < 1.29 is 27.5 Å². The second-order valence-electron chi connectivity index (χ2n) is 10.5. The molecule has 0 radical (unpaired) electrons. The lowest BCUT2D eigenvalue weighted by Gasteiger charge is -2.35. The molecule has 40 heavy (non-hydrogen) atoms. The van der Waals surface area contributed by atoms with Crippen molar-refractivity contribution in [1.29, 1.82) is 0 Å². The van der Waals surface area contributed by atoms with Gasteiger partial charge in [-0.05, 0) is 49.1 Å². The summed E-state index contributed by atoms with van der Waals surface area (Å²) < 4.78 is 39.1. The molecule has 0 aromatic heterocycles. The number of carbonyl (C=O) groups is 2. The number of hydrogen-bond donors (Lipinski definition) is 0. The molecule has 3 heterocycles. The highest BCUT2D eigenvalue weighted by atomic mass is 32.3. The fraction of sp³-hybridized carbons (Fsp3) is 0.448. The number of nitrogens with zero attached hydrogens (tertiary/aromatic N) is 3. The van der Waals surface area contributed by atoms with E-state index in [0.717, 1.165) is 22.0 Å². The van der Waals surface area contributed by atoms with Crippen LogP contribution in [-0.4, -0.2) is 83.4 Å². The highest BCUT2D eigenvalue weighted by Gasteiger charge is 2.42. The van der Waals surface area contributed by atoms with E-state index in [4.69, 9.17) is 9.47 Å². The lowest BCUT2D eigenvalue weighted by Crippen LogP contribution is -2.47. The van der Waals surface area contributed by atoms with Gasteiger partial charge < -0.3 is 19.3 Å². The van der Waals surface area contributed by atoms with Gasteiger partial charge in [0.05, 0.1) is 29.1 Å². The Morgan fingerprint density at radius 1 is 1.15 bits per heavy atom. The molecule has 2 aromatic rings. The first-order valence-electron chi connectivity index (χ1n) is 13.6. The Balaban J connectivity index is 1.30. The zero-order chi connectivity index (χ0) is 28.0. The van der Waals surface area contributed by atoms with Gasteiger partial charge in [-0.3, -0.25) is 9.59 Å². The Labute approximate surface area is 238 Å². The molecular weight excluding hydrogens is 550 g/mol. The maximum absolute atomic E-state index is 14.1. The second kappa shape index (κ2) is 10.9. The smallest absolute Gasteiger partial charge is 0.258 e. The van der Waals surface area contributed by atoms with Crippen LogP contribution < -0.4 is 9.80 Å². The van der Waals surface area contributed by atoms with E-state index in [0.29, 0.717) is 67.6 Å². The molecule has 212 valence electrons. The first-order valence-corrected chi connectivity index (χ1v) is 15.9. The van der Waals surface area contributed by atoms with Crippen molar-refractivity contribution in [3.05, 3.63) is 57.9 Å². The minimum absolute atomic E-state index is 0.0516. The van der Waals surface area contributed by atoms with Gasteiger partial charge >= 0.3 is 0 Å². The van der Waals surface area contributed by atoms with Crippen molar-refractivity contribution in [2.24, 2.45) is 5.92 Å². The van der Waals surface area contributed by atoms with Gasteiger partial charge in [0, 0.05) is 63.3 Å². The summed E-state index contributed by atoms with van der Waals surface area (Å²) in [6, 6.07) is 9.43. The average Bonchev–Trinajstić information content (AvgIpc) is 3.48. The third-order valence-corrected chi connectivity index (χ3v) is 11.6. The van der Waals surface area contributed by atoms with E-state index in [2.05, 4.69) is 0 Å². The molecule has 2 amide bonds. The first-order chi connectivity index (χ1) is 19.3. The molecule has 1 unspecified atom stereocenters. The highest BCUT2D eigenvalue weighted by molar-refractivity contribution is 8.18. The van der Waals surface area contributed by atoms with E-state index in [1.165, 1.54) is 16.1 Å². The van der Waals surface area contributed by atoms with Gasteiger partial charge in [0.15, 0.2) is 0 Å². The Kier molecular flexibility index (Phi) is 7.51.